The Morgan fingerprint density at radius 1 is 1.08 bits per heavy atom. The molecular weight excluding hydrogens is 314 g/mol. The number of hydrogen-bond donors (Lipinski definition) is 1. The number of hydrogen-bond acceptors (Lipinski definition) is 2. The minimum absolute atomic E-state index is 0.0641. The van der Waals surface area contributed by atoms with Crippen molar-refractivity contribution in [3.63, 3.8) is 0 Å². The second-order valence-corrected chi connectivity index (χ2v) is 7.58. The van der Waals surface area contributed by atoms with E-state index >= 15 is 0 Å². The van der Waals surface area contributed by atoms with Gasteiger partial charge in [0.2, 0.25) is 5.91 Å². The predicted molar refractivity (Wildman–Crippen MR) is 104 cm³/mol. The molecule has 128 valence electrons. The number of rotatable bonds is 7. The van der Waals surface area contributed by atoms with E-state index in [0.717, 1.165) is 12.2 Å². The van der Waals surface area contributed by atoms with Crippen LogP contribution in [0.5, 0.6) is 0 Å². The summed E-state index contributed by atoms with van der Waals surface area (Å²) in [7, 11) is 0. The van der Waals surface area contributed by atoms with Crippen LogP contribution in [0.4, 0.5) is 0 Å². The zero-order valence-corrected chi connectivity index (χ0v) is 15.8. The molecule has 0 aliphatic rings. The first-order chi connectivity index (χ1) is 11.5. The van der Waals surface area contributed by atoms with Crippen molar-refractivity contribution >= 4 is 17.7 Å². The summed E-state index contributed by atoms with van der Waals surface area (Å²) in [6, 6.07) is 16.8. The Kier molecular flexibility index (Phi) is 6.92. The summed E-state index contributed by atoms with van der Waals surface area (Å²) in [5, 5.41) is 3.14. The molecule has 0 bridgehead atoms. The van der Waals surface area contributed by atoms with Crippen molar-refractivity contribution in [2.75, 3.05) is 0 Å². The van der Waals surface area contributed by atoms with Crippen molar-refractivity contribution < 1.29 is 4.79 Å². The van der Waals surface area contributed by atoms with E-state index in [0.29, 0.717) is 0 Å². The van der Waals surface area contributed by atoms with Gasteiger partial charge in [-0.2, -0.15) is 0 Å². The maximum Gasteiger partial charge on any atom is 0.233 e. The average molecular weight is 342 g/mol. The highest BCUT2D eigenvalue weighted by molar-refractivity contribution is 7.99. The number of aryl methyl sites for hydroxylation is 2. The maximum atomic E-state index is 12.5. The molecule has 0 heterocycles. The lowest BCUT2D eigenvalue weighted by molar-refractivity contribution is -0.121. The lowest BCUT2D eigenvalue weighted by Crippen LogP contribution is -2.34. The maximum absolute atomic E-state index is 12.5. The number of amides is 1. The van der Waals surface area contributed by atoms with Gasteiger partial charge in [-0.05, 0) is 49.4 Å². The standard InChI is InChI=1S/C21H27NOS/c1-5-20(19-12-11-15(2)16(3)13-19)22-21(23)17(4)24-14-18-9-7-6-8-10-18/h6-13,17,20H,5,14H2,1-4H3,(H,22,23)/t17-,20-/m1/s1. The number of nitrogens with one attached hydrogen (secondary N) is 1. The van der Waals surface area contributed by atoms with Crippen LogP contribution in [0.25, 0.3) is 0 Å². The molecule has 3 heteroatoms. The van der Waals surface area contributed by atoms with E-state index < -0.39 is 0 Å². The van der Waals surface area contributed by atoms with Gasteiger partial charge in [-0.3, -0.25) is 4.79 Å². The Bertz CT molecular complexity index is 669. The molecule has 1 amide bonds. The van der Waals surface area contributed by atoms with Crippen molar-refractivity contribution in [1.82, 2.24) is 5.32 Å². The van der Waals surface area contributed by atoms with Gasteiger partial charge >= 0.3 is 0 Å². The van der Waals surface area contributed by atoms with Crippen molar-refractivity contribution in [3.05, 3.63) is 70.8 Å². The zero-order chi connectivity index (χ0) is 17.5. The molecule has 2 aromatic carbocycles. The summed E-state index contributed by atoms with van der Waals surface area (Å²) in [4.78, 5) is 12.5. The third-order valence-electron chi connectivity index (χ3n) is 4.37. The molecule has 24 heavy (non-hydrogen) atoms. The molecule has 0 saturated carbocycles. The third-order valence-corrected chi connectivity index (χ3v) is 5.58. The van der Waals surface area contributed by atoms with Gasteiger partial charge in [0.05, 0.1) is 11.3 Å². The van der Waals surface area contributed by atoms with Crippen LogP contribution < -0.4 is 5.32 Å². The first-order valence-electron chi connectivity index (χ1n) is 8.54. The van der Waals surface area contributed by atoms with Gasteiger partial charge < -0.3 is 5.32 Å². The molecule has 0 unspecified atom stereocenters. The minimum Gasteiger partial charge on any atom is -0.348 e. The quantitative estimate of drug-likeness (QED) is 0.750. The summed E-state index contributed by atoms with van der Waals surface area (Å²) in [5.74, 6) is 0.969. The molecule has 1 N–H and O–H groups in total. The number of benzene rings is 2. The molecule has 0 aromatic heterocycles. The molecule has 0 aliphatic heterocycles. The normalized spacial score (nSPS) is 13.3. The molecule has 2 nitrogen and oxygen atoms in total. The predicted octanol–water partition coefficient (Wildman–Crippen LogP) is 5.19. The van der Waals surface area contributed by atoms with Crippen molar-refractivity contribution in [3.8, 4) is 0 Å². The van der Waals surface area contributed by atoms with Gasteiger partial charge in [-0.15, -0.1) is 11.8 Å². The largest absolute Gasteiger partial charge is 0.348 e. The number of carbonyl (C=O) groups is 1. The zero-order valence-electron chi connectivity index (χ0n) is 15.0. The Morgan fingerprint density at radius 2 is 1.79 bits per heavy atom. The molecule has 0 fully saturated rings. The summed E-state index contributed by atoms with van der Waals surface area (Å²) < 4.78 is 0. The van der Waals surface area contributed by atoms with E-state index in [2.05, 4.69) is 56.4 Å². The molecule has 0 aliphatic carbocycles. The van der Waals surface area contributed by atoms with Gasteiger partial charge in [-0.25, -0.2) is 0 Å². The topological polar surface area (TPSA) is 29.1 Å². The van der Waals surface area contributed by atoms with Crippen LogP contribution in [0.3, 0.4) is 0 Å². The van der Waals surface area contributed by atoms with E-state index in [1.54, 1.807) is 11.8 Å². The Balaban J connectivity index is 1.94. The van der Waals surface area contributed by atoms with Gasteiger partial charge in [0.15, 0.2) is 0 Å². The van der Waals surface area contributed by atoms with Gasteiger partial charge in [-0.1, -0.05) is 55.5 Å². The monoisotopic (exact) mass is 341 g/mol. The van der Waals surface area contributed by atoms with Crippen molar-refractivity contribution in [1.29, 1.82) is 0 Å². The SMILES string of the molecule is CC[C@@H](NC(=O)[C@@H](C)SCc1ccccc1)c1ccc(C)c(C)c1. The lowest BCUT2D eigenvalue weighted by atomic mass is 9.99. The second kappa shape index (κ2) is 8.93. The first kappa shape index (κ1) is 18.6. The molecule has 0 radical (unpaired) electrons. The molecular formula is C21H27NOS. The fourth-order valence-corrected chi connectivity index (χ4v) is 3.42. The van der Waals surface area contributed by atoms with Crippen LogP contribution >= 0.6 is 11.8 Å². The summed E-state index contributed by atoms with van der Waals surface area (Å²) >= 11 is 1.68. The average Bonchev–Trinajstić information content (AvgIpc) is 2.60. The third kappa shape index (κ3) is 5.13. The lowest BCUT2D eigenvalue weighted by Gasteiger charge is -2.21. The van der Waals surface area contributed by atoms with Crippen LogP contribution in [0.15, 0.2) is 48.5 Å². The van der Waals surface area contributed by atoms with E-state index in [4.69, 9.17) is 0 Å². The molecule has 2 atom stereocenters. The van der Waals surface area contributed by atoms with E-state index in [-0.39, 0.29) is 17.2 Å². The van der Waals surface area contributed by atoms with E-state index in [1.807, 2.05) is 25.1 Å². The fourth-order valence-electron chi connectivity index (χ4n) is 2.56. The van der Waals surface area contributed by atoms with Crippen LogP contribution in [0.1, 0.15) is 48.6 Å². The highest BCUT2D eigenvalue weighted by Gasteiger charge is 2.18. The van der Waals surface area contributed by atoms with E-state index in [1.165, 1.54) is 22.3 Å². The van der Waals surface area contributed by atoms with Crippen LogP contribution in [-0.4, -0.2) is 11.2 Å². The highest BCUT2D eigenvalue weighted by Crippen LogP contribution is 2.22. The van der Waals surface area contributed by atoms with Gasteiger partial charge in [0.25, 0.3) is 0 Å². The minimum atomic E-state index is -0.0641. The highest BCUT2D eigenvalue weighted by atomic mass is 32.2. The van der Waals surface area contributed by atoms with Crippen LogP contribution in [0, 0.1) is 13.8 Å². The number of thioether (sulfide) groups is 1. The van der Waals surface area contributed by atoms with Crippen molar-refractivity contribution in [2.24, 2.45) is 0 Å². The number of carbonyl (C=O) groups excluding carboxylic acids is 1. The Hall–Kier alpha value is -1.74. The summed E-state index contributed by atoms with van der Waals surface area (Å²) in [6.07, 6.45) is 0.893. The molecule has 0 saturated heterocycles. The molecule has 2 aromatic rings. The van der Waals surface area contributed by atoms with E-state index in [9.17, 15) is 4.79 Å². The first-order valence-corrected chi connectivity index (χ1v) is 9.59. The van der Waals surface area contributed by atoms with Gasteiger partial charge in [0.1, 0.15) is 0 Å². The smallest absolute Gasteiger partial charge is 0.233 e. The van der Waals surface area contributed by atoms with Gasteiger partial charge in [0, 0.05) is 5.75 Å². The Morgan fingerprint density at radius 3 is 2.42 bits per heavy atom. The summed E-state index contributed by atoms with van der Waals surface area (Å²) in [6.45, 7) is 8.32. The Labute approximate surface area is 150 Å². The van der Waals surface area contributed by atoms with Crippen molar-refractivity contribution in [2.45, 2.75) is 51.2 Å². The van der Waals surface area contributed by atoms with Crippen LogP contribution in [0.2, 0.25) is 0 Å². The fraction of sp³-hybridized carbons (Fsp3) is 0.381. The second-order valence-electron chi connectivity index (χ2n) is 6.25. The summed E-state index contributed by atoms with van der Waals surface area (Å²) in [5.41, 5.74) is 5.00. The van der Waals surface area contributed by atoms with Crippen LogP contribution in [-0.2, 0) is 10.5 Å². The molecule has 0 spiro atoms. The molecule has 2 rings (SSSR count).